The Hall–Kier alpha value is -2.53. The Balaban J connectivity index is 0.00000210. The maximum Gasteiger partial charge on any atom is 0.273 e. The average molecular weight is 389 g/mol. The van der Waals surface area contributed by atoms with Gasteiger partial charge in [0.25, 0.3) is 11.6 Å². The number of ether oxygens (including phenoxy) is 1. The van der Waals surface area contributed by atoms with Crippen molar-refractivity contribution in [3.8, 4) is 6.07 Å². The summed E-state index contributed by atoms with van der Waals surface area (Å²) in [7, 11) is 0. The molecule has 1 aromatic heterocycles. The van der Waals surface area contributed by atoms with Crippen molar-refractivity contribution >= 4 is 24.0 Å². The van der Waals surface area contributed by atoms with Crippen LogP contribution in [0.5, 0.6) is 0 Å². The van der Waals surface area contributed by atoms with E-state index in [1.54, 1.807) is 18.3 Å². The molecule has 27 heavy (non-hydrogen) atoms. The molecule has 3 heterocycles. The molecule has 0 saturated carbocycles. The number of pyridine rings is 1. The maximum atomic E-state index is 15.7. The summed E-state index contributed by atoms with van der Waals surface area (Å²) in [5.41, 5.74) is -0.476. The third-order valence-corrected chi connectivity index (χ3v) is 4.77. The van der Waals surface area contributed by atoms with Gasteiger partial charge in [0, 0.05) is 37.1 Å². The highest BCUT2D eigenvalue weighted by Crippen LogP contribution is 2.43. The van der Waals surface area contributed by atoms with Gasteiger partial charge >= 0.3 is 0 Å². The molecule has 1 N–H and O–H groups in total. The van der Waals surface area contributed by atoms with Gasteiger partial charge in [-0.25, -0.2) is 4.39 Å². The number of hydrogen-bond donors (Lipinski definition) is 1. The van der Waals surface area contributed by atoms with E-state index >= 15 is 4.39 Å². The molecule has 6 nitrogen and oxygen atoms in total. The molecule has 1 unspecified atom stereocenters. The van der Waals surface area contributed by atoms with Gasteiger partial charge in [0.2, 0.25) is 0 Å². The van der Waals surface area contributed by atoms with Gasteiger partial charge in [0.05, 0.1) is 30.5 Å². The summed E-state index contributed by atoms with van der Waals surface area (Å²) in [6.45, 7) is 3.84. The van der Waals surface area contributed by atoms with E-state index < -0.39 is 11.6 Å². The van der Waals surface area contributed by atoms with E-state index in [1.165, 1.54) is 18.2 Å². The van der Waals surface area contributed by atoms with Crippen molar-refractivity contribution in [2.45, 2.75) is 12.2 Å². The number of benzene rings is 1. The number of nitrogens with one attached hydrogen (secondary N) is 1. The van der Waals surface area contributed by atoms with E-state index in [-0.39, 0.29) is 23.7 Å². The van der Waals surface area contributed by atoms with Crippen LogP contribution in [0.2, 0.25) is 0 Å². The number of alkyl halides is 1. The van der Waals surface area contributed by atoms with E-state index in [0.29, 0.717) is 31.0 Å². The highest BCUT2D eigenvalue weighted by molar-refractivity contribution is 6.07. The summed E-state index contributed by atoms with van der Waals surface area (Å²) in [6, 6.07) is 9.78. The molecule has 1 saturated heterocycles. The molecular formula is C19H18ClFN4O2. The normalized spacial score (nSPS) is 21.7. The Morgan fingerprint density at radius 2 is 2.07 bits per heavy atom. The Morgan fingerprint density at radius 3 is 2.74 bits per heavy atom. The second-order valence-corrected chi connectivity index (χ2v) is 6.42. The standard InChI is InChI=1S/C19H17FN4O2.ClH/c20-19(15-3-1-13(10-21)9-16(15)23-18(19)25)17-4-2-14(11-22-17)12-24-5-7-26-8-6-24;/h1-4,9,11H,5-8,12H2,(H,23,25);1H. The fourth-order valence-corrected chi connectivity index (χ4v) is 3.34. The number of nitrogens with zero attached hydrogens (tertiary/aromatic N) is 3. The van der Waals surface area contributed by atoms with Gasteiger partial charge in [-0.3, -0.25) is 14.7 Å². The van der Waals surface area contributed by atoms with E-state index in [1.807, 2.05) is 6.07 Å². The number of rotatable bonds is 3. The SMILES string of the molecule is Cl.N#Cc1ccc2c(c1)NC(=O)C2(F)c1ccc(CN2CCOCC2)cn1. The van der Waals surface area contributed by atoms with Crippen LogP contribution < -0.4 is 5.32 Å². The first-order valence-corrected chi connectivity index (χ1v) is 8.42. The van der Waals surface area contributed by atoms with Crippen LogP contribution in [0.1, 0.15) is 22.4 Å². The number of anilines is 1. The highest BCUT2D eigenvalue weighted by atomic mass is 35.5. The number of carbonyl (C=O) groups excluding carboxylic acids is 1. The molecule has 0 radical (unpaired) electrons. The summed E-state index contributed by atoms with van der Waals surface area (Å²) >= 11 is 0. The first kappa shape index (κ1) is 19.2. The van der Waals surface area contributed by atoms with E-state index in [9.17, 15) is 4.79 Å². The number of aromatic nitrogens is 1. The van der Waals surface area contributed by atoms with Gasteiger partial charge < -0.3 is 10.1 Å². The second kappa shape index (κ2) is 7.61. The first-order chi connectivity index (χ1) is 12.6. The molecule has 4 rings (SSSR count). The van der Waals surface area contributed by atoms with Crippen molar-refractivity contribution < 1.29 is 13.9 Å². The number of hydrogen-bond acceptors (Lipinski definition) is 5. The summed E-state index contributed by atoms with van der Waals surface area (Å²) in [5, 5.41) is 11.5. The number of carbonyl (C=O) groups is 1. The Bertz CT molecular complexity index is 894. The fourth-order valence-electron chi connectivity index (χ4n) is 3.34. The lowest BCUT2D eigenvalue weighted by molar-refractivity contribution is -0.124. The Kier molecular flexibility index (Phi) is 5.42. The summed E-state index contributed by atoms with van der Waals surface area (Å²) in [5.74, 6) is -0.781. The molecule has 1 aromatic carbocycles. The molecule has 140 valence electrons. The molecular weight excluding hydrogens is 371 g/mol. The topological polar surface area (TPSA) is 78.2 Å². The average Bonchev–Trinajstić information content (AvgIpc) is 2.94. The predicted octanol–water partition coefficient (Wildman–Crippen LogP) is 2.37. The lowest BCUT2D eigenvalue weighted by atomic mass is 9.92. The summed E-state index contributed by atoms with van der Waals surface area (Å²) in [6.07, 6.45) is 1.61. The van der Waals surface area contributed by atoms with Crippen LogP contribution in [-0.4, -0.2) is 42.1 Å². The van der Waals surface area contributed by atoms with Crippen LogP contribution in [0.15, 0.2) is 36.5 Å². The zero-order chi connectivity index (χ0) is 18.1. The van der Waals surface area contributed by atoms with Crippen LogP contribution in [0.25, 0.3) is 0 Å². The first-order valence-electron chi connectivity index (χ1n) is 8.42. The van der Waals surface area contributed by atoms with E-state index in [0.717, 1.165) is 18.7 Å². The van der Waals surface area contributed by atoms with Gasteiger partial charge in [0.1, 0.15) is 0 Å². The van der Waals surface area contributed by atoms with Gasteiger partial charge in [-0.2, -0.15) is 5.26 Å². The van der Waals surface area contributed by atoms with E-state index in [2.05, 4.69) is 15.2 Å². The van der Waals surface area contributed by atoms with Crippen molar-refractivity contribution in [3.63, 3.8) is 0 Å². The smallest absolute Gasteiger partial charge is 0.273 e. The van der Waals surface area contributed by atoms with Gasteiger partial charge in [-0.1, -0.05) is 12.1 Å². The van der Waals surface area contributed by atoms with Gasteiger partial charge in [0.15, 0.2) is 0 Å². The molecule has 0 aliphatic carbocycles. The molecule has 0 bridgehead atoms. The van der Waals surface area contributed by atoms with Crippen molar-refractivity contribution in [2.75, 3.05) is 31.6 Å². The van der Waals surface area contributed by atoms with Crippen molar-refractivity contribution in [3.05, 3.63) is 58.9 Å². The molecule has 1 atom stereocenters. The van der Waals surface area contributed by atoms with E-state index in [4.69, 9.17) is 10.00 Å². The van der Waals surface area contributed by atoms with Crippen molar-refractivity contribution in [1.82, 2.24) is 9.88 Å². The molecule has 8 heteroatoms. The predicted molar refractivity (Wildman–Crippen MR) is 99.3 cm³/mol. The Morgan fingerprint density at radius 1 is 1.30 bits per heavy atom. The fraction of sp³-hybridized carbons (Fsp3) is 0.316. The van der Waals surface area contributed by atoms with Crippen LogP contribution in [0, 0.1) is 11.3 Å². The molecule has 2 aromatic rings. The van der Waals surface area contributed by atoms with Gasteiger partial charge in [-0.05, 0) is 23.8 Å². The second-order valence-electron chi connectivity index (χ2n) is 6.42. The Labute approximate surface area is 162 Å². The monoisotopic (exact) mass is 388 g/mol. The van der Waals surface area contributed by atoms with Crippen molar-refractivity contribution in [2.24, 2.45) is 0 Å². The number of amides is 1. The largest absolute Gasteiger partial charge is 0.379 e. The van der Waals surface area contributed by atoms with Crippen LogP contribution >= 0.6 is 12.4 Å². The van der Waals surface area contributed by atoms with Gasteiger partial charge in [-0.15, -0.1) is 12.4 Å². The minimum absolute atomic E-state index is 0. The van der Waals surface area contributed by atoms with Crippen LogP contribution in [0.4, 0.5) is 10.1 Å². The minimum Gasteiger partial charge on any atom is -0.379 e. The number of halogens is 2. The molecule has 1 fully saturated rings. The quantitative estimate of drug-likeness (QED) is 0.873. The number of nitriles is 1. The zero-order valence-corrected chi connectivity index (χ0v) is 15.3. The zero-order valence-electron chi connectivity index (χ0n) is 14.4. The third kappa shape index (κ3) is 3.39. The minimum atomic E-state index is -2.35. The summed E-state index contributed by atoms with van der Waals surface area (Å²) in [4.78, 5) is 18.8. The molecule has 1 amide bonds. The maximum absolute atomic E-state index is 15.7. The molecule has 2 aliphatic rings. The lowest BCUT2D eigenvalue weighted by Gasteiger charge is -2.26. The molecule has 2 aliphatic heterocycles. The highest BCUT2D eigenvalue weighted by Gasteiger charge is 2.50. The van der Waals surface area contributed by atoms with Crippen LogP contribution in [0.3, 0.4) is 0 Å². The number of fused-ring (bicyclic) bond motifs is 1. The number of morpholine rings is 1. The summed E-state index contributed by atoms with van der Waals surface area (Å²) < 4.78 is 21.0. The van der Waals surface area contributed by atoms with Crippen molar-refractivity contribution in [1.29, 1.82) is 5.26 Å². The van der Waals surface area contributed by atoms with Crippen LogP contribution in [-0.2, 0) is 21.7 Å². The lowest BCUT2D eigenvalue weighted by Crippen LogP contribution is -2.35. The third-order valence-electron chi connectivity index (χ3n) is 4.77. The molecule has 0 spiro atoms.